The molecule has 1 aromatic rings. The minimum Gasteiger partial charge on any atom is -0.465 e. The van der Waals surface area contributed by atoms with Gasteiger partial charge in [0.15, 0.2) is 0 Å². The molecule has 1 aromatic carbocycles. The van der Waals surface area contributed by atoms with Gasteiger partial charge in [0.2, 0.25) is 15.9 Å². The Morgan fingerprint density at radius 2 is 1.88 bits per heavy atom. The molecule has 1 unspecified atom stereocenters. The highest BCUT2D eigenvalue weighted by Gasteiger charge is 2.34. The van der Waals surface area contributed by atoms with Gasteiger partial charge in [0, 0.05) is 31.2 Å². The minimum absolute atomic E-state index is 0.146. The fourth-order valence-corrected chi connectivity index (χ4v) is 4.52. The molecule has 0 spiro atoms. The molecule has 1 heterocycles. The summed E-state index contributed by atoms with van der Waals surface area (Å²) in [4.78, 5) is 21.9. The SMILES string of the molecule is CC(=O)Nc1ccc(S(=O)(=O)N2CCC(NC(=O)O)C[C@@H]2C)cc1. The molecule has 1 fully saturated rings. The Balaban J connectivity index is 2.12. The van der Waals surface area contributed by atoms with Gasteiger partial charge in [-0.05, 0) is 44.0 Å². The zero-order valence-corrected chi connectivity index (χ0v) is 14.3. The first-order valence-electron chi connectivity index (χ1n) is 7.59. The first kappa shape index (κ1) is 18.2. The lowest BCUT2D eigenvalue weighted by Gasteiger charge is -2.36. The van der Waals surface area contributed by atoms with Crippen LogP contribution in [-0.4, -0.2) is 48.5 Å². The lowest BCUT2D eigenvalue weighted by Crippen LogP contribution is -2.50. The molecule has 24 heavy (non-hydrogen) atoms. The second-order valence-electron chi connectivity index (χ2n) is 5.84. The number of carbonyl (C=O) groups excluding carboxylic acids is 1. The van der Waals surface area contributed by atoms with Crippen LogP contribution in [-0.2, 0) is 14.8 Å². The van der Waals surface area contributed by atoms with Gasteiger partial charge in [-0.3, -0.25) is 4.79 Å². The monoisotopic (exact) mass is 355 g/mol. The zero-order chi connectivity index (χ0) is 17.9. The number of carboxylic acid groups (broad SMARTS) is 1. The van der Waals surface area contributed by atoms with Crippen molar-refractivity contribution in [3.63, 3.8) is 0 Å². The fourth-order valence-electron chi connectivity index (χ4n) is 2.86. The zero-order valence-electron chi connectivity index (χ0n) is 13.5. The quantitative estimate of drug-likeness (QED) is 0.756. The molecule has 1 saturated heterocycles. The maximum absolute atomic E-state index is 12.8. The van der Waals surface area contributed by atoms with Crippen molar-refractivity contribution in [2.24, 2.45) is 0 Å². The van der Waals surface area contributed by atoms with Gasteiger partial charge in [-0.1, -0.05) is 0 Å². The third kappa shape index (κ3) is 4.24. The van der Waals surface area contributed by atoms with Crippen LogP contribution in [0.5, 0.6) is 0 Å². The third-order valence-electron chi connectivity index (χ3n) is 3.92. The number of carbonyl (C=O) groups is 2. The van der Waals surface area contributed by atoms with E-state index in [0.717, 1.165) is 0 Å². The molecule has 8 nitrogen and oxygen atoms in total. The number of hydrogen-bond acceptors (Lipinski definition) is 4. The van der Waals surface area contributed by atoms with E-state index in [4.69, 9.17) is 5.11 Å². The third-order valence-corrected chi connectivity index (χ3v) is 5.95. The van der Waals surface area contributed by atoms with Gasteiger partial charge in [0.1, 0.15) is 0 Å². The molecular formula is C15H21N3O5S. The lowest BCUT2D eigenvalue weighted by atomic mass is 10.0. The molecule has 0 aromatic heterocycles. The number of sulfonamides is 1. The first-order chi connectivity index (χ1) is 11.2. The van der Waals surface area contributed by atoms with Crippen LogP contribution < -0.4 is 10.6 Å². The average molecular weight is 355 g/mol. The van der Waals surface area contributed by atoms with Crippen molar-refractivity contribution in [1.82, 2.24) is 9.62 Å². The number of hydrogen-bond donors (Lipinski definition) is 3. The topological polar surface area (TPSA) is 116 Å². The largest absolute Gasteiger partial charge is 0.465 e. The predicted octanol–water partition coefficient (Wildman–Crippen LogP) is 1.45. The van der Waals surface area contributed by atoms with Gasteiger partial charge in [-0.2, -0.15) is 4.31 Å². The van der Waals surface area contributed by atoms with Crippen LogP contribution in [0, 0.1) is 0 Å². The van der Waals surface area contributed by atoms with Crippen molar-refractivity contribution in [3.8, 4) is 0 Å². The summed E-state index contributed by atoms with van der Waals surface area (Å²) in [6.07, 6.45) is -0.243. The van der Waals surface area contributed by atoms with E-state index in [1.807, 2.05) is 0 Å². The van der Waals surface area contributed by atoms with E-state index in [0.29, 0.717) is 18.5 Å². The molecule has 3 N–H and O–H groups in total. The highest BCUT2D eigenvalue weighted by molar-refractivity contribution is 7.89. The van der Waals surface area contributed by atoms with Crippen LogP contribution in [0.15, 0.2) is 29.2 Å². The Morgan fingerprint density at radius 1 is 1.25 bits per heavy atom. The van der Waals surface area contributed by atoms with Gasteiger partial charge in [-0.15, -0.1) is 0 Å². The van der Waals surface area contributed by atoms with E-state index < -0.39 is 16.1 Å². The van der Waals surface area contributed by atoms with Crippen molar-refractivity contribution in [2.45, 2.75) is 43.7 Å². The van der Waals surface area contributed by atoms with Crippen LogP contribution in [0.25, 0.3) is 0 Å². The summed E-state index contributed by atoms with van der Waals surface area (Å²) in [5.41, 5.74) is 0.527. The van der Waals surface area contributed by atoms with Crippen LogP contribution in [0.2, 0.25) is 0 Å². The van der Waals surface area contributed by atoms with E-state index in [-0.39, 0.29) is 29.4 Å². The van der Waals surface area contributed by atoms with Crippen LogP contribution in [0.1, 0.15) is 26.7 Å². The normalized spacial score (nSPS) is 21.9. The molecule has 2 rings (SSSR count). The summed E-state index contributed by atoms with van der Waals surface area (Å²) in [5.74, 6) is -0.229. The van der Waals surface area contributed by atoms with Gasteiger partial charge < -0.3 is 15.7 Å². The van der Waals surface area contributed by atoms with Crippen LogP contribution in [0.3, 0.4) is 0 Å². The Labute approximate surface area is 140 Å². The number of rotatable bonds is 4. The number of nitrogens with one attached hydrogen (secondary N) is 2. The van der Waals surface area contributed by atoms with Gasteiger partial charge >= 0.3 is 6.09 Å². The number of amides is 2. The highest BCUT2D eigenvalue weighted by atomic mass is 32.2. The first-order valence-corrected chi connectivity index (χ1v) is 9.03. The number of benzene rings is 1. The average Bonchev–Trinajstić information content (AvgIpc) is 2.46. The molecule has 0 radical (unpaired) electrons. The van der Waals surface area contributed by atoms with E-state index >= 15 is 0 Å². The molecule has 1 aliphatic rings. The fraction of sp³-hybridized carbons (Fsp3) is 0.467. The maximum Gasteiger partial charge on any atom is 0.404 e. The van der Waals surface area contributed by atoms with E-state index in [9.17, 15) is 18.0 Å². The van der Waals surface area contributed by atoms with Crippen molar-refractivity contribution < 1.29 is 23.1 Å². The van der Waals surface area contributed by atoms with E-state index in [1.54, 1.807) is 6.92 Å². The molecule has 2 atom stereocenters. The standard InChI is InChI=1S/C15H21N3O5S/c1-10-9-13(17-15(20)21)7-8-18(10)24(22,23)14-5-3-12(4-6-14)16-11(2)19/h3-6,10,13,17H,7-9H2,1-2H3,(H,16,19)(H,20,21)/t10-,13?/m0/s1. The molecule has 9 heteroatoms. The summed E-state index contributed by atoms with van der Waals surface area (Å²) in [6, 6.07) is 5.43. The Hall–Kier alpha value is -2.13. The van der Waals surface area contributed by atoms with Gasteiger partial charge in [0.05, 0.1) is 4.90 Å². The second-order valence-corrected chi connectivity index (χ2v) is 7.73. The maximum atomic E-state index is 12.8. The Kier molecular flexibility index (Phi) is 5.45. The summed E-state index contributed by atoms with van der Waals surface area (Å²) >= 11 is 0. The van der Waals surface area contributed by atoms with Gasteiger partial charge in [-0.25, -0.2) is 13.2 Å². The van der Waals surface area contributed by atoms with Crippen molar-refractivity contribution in [1.29, 1.82) is 0 Å². The lowest BCUT2D eigenvalue weighted by molar-refractivity contribution is -0.114. The molecule has 0 aliphatic carbocycles. The predicted molar refractivity (Wildman–Crippen MR) is 88.3 cm³/mol. The van der Waals surface area contributed by atoms with Gasteiger partial charge in [0.25, 0.3) is 0 Å². The van der Waals surface area contributed by atoms with E-state index in [2.05, 4.69) is 10.6 Å². The minimum atomic E-state index is -3.66. The molecule has 1 aliphatic heterocycles. The van der Waals surface area contributed by atoms with Crippen LogP contribution in [0.4, 0.5) is 10.5 Å². The molecule has 0 bridgehead atoms. The van der Waals surface area contributed by atoms with Crippen molar-refractivity contribution in [3.05, 3.63) is 24.3 Å². The summed E-state index contributed by atoms with van der Waals surface area (Å²) in [5, 5.41) is 13.8. The molecule has 2 amide bonds. The van der Waals surface area contributed by atoms with Crippen LogP contribution >= 0.6 is 0 Å². The van der Waals surface area contributed by atoms with E-state index in [1.165, 1.54) is 35.5 Å². The van der Waals surface area contributed by atoms with Crippen molar-refractivity contribution in [2.75, 3.05) is 11.9 Å². The number of nitrogens with zero attached hydrogens (tertiary/aromatic N) is 1. The van der Waals surface area contributed by atoms with Crippen molar-refractivity contribution >= 4 is 27.7 Å². The molecule has 132 valence electrons. The smallest absolute Gasteiger partial charge is 0.404 e. The molecule has 0 saturated carbocycles. The highest BCUT2D eigenvalue weighted by Crippen LogP contribution is 2.26. The summed E-state index contributed by atoms with van der Waals surface area (Å²) in [7, 11) is -3.66. The summed E-state index contributed by atoms with van der Waals surface area (Å²) < 4.78 is 26.9. The second kappa shape index (κ2) is 7.18. The Bertz CT molecular complexity index is 717. The number of anilines is 1. The molecular weight excluding hydrogens is 334 g/mol. The summed E-state index contributed by atoms with van der Waals surface area (Å²) in [6.45, 7) is 3.39. The Morgan fingerprint density at radius 3 is 2.38 bits per heavy atom. The number of piperidine rings is 1.